The Bertz CT molecular complexity index is 378. The first kappa shape index (κ1) is 14.5. The Labute approximate surface area is 108 Å². The minimum absolute atomic E-state index is 0.217. The van der Waals surface area contributed by atoms with Gasteiger partial charge in [0, 0.05) is 13.1 Å². The van der Waals surface area contributed by atoms with Gasteiger partial charge in [-0.3, -0.25) is 0 Å². The zero-order valence-electron chi connectivity index (χ0n) is 11.2. The molecule has 0 aliphatic carbocycles. The summed E-state index contributed by atoms with van der Waals surface area (Å²) in [7, 11) is 0. The first-order valence-electron chi connectivity index (χ1n) is 6.04. The lowest BCUT2D eigenvalue weighted by Gasteiger charge is -2.31. The molecule has 0 aromatic carbocycles. The third kappa shape index (κ3) is 4.04. The number of rotatable bonds is 1. The zero-order valence-corrected chi connectivity index (χ0v) is 11.2. The summed E-state index contributed by atoms with van der Waals surface area (Å²) in [4.78, 5) is 16.8. The maximum atomic E-state index is 11.8. The van der Waals surface area contributed by atoms with Crippen LogP contribution in [0.4, 0.5) is 4.79 Å². The molecule has 0 atom stereocenters. The van der Waals surface area contributed by atoms with Crippen LogP contribution in [0.5, 0.6) is 0 Å². The van der Waals surface area contributed by atoms with Crippen molar-refractivity contribution in [1.82, 2.24) is 4.90 Å². The Hall–Kier alpha value is -1.54. The van der Waals surface area contributed by atoms with E-state index < -0.39 is 5.60 Å². The molecule has 1 fully saturated rings. The van der Waals surface area contributed by atoms with E-state index >= 15 is 0 Å². The molecule has 0 saturated carbocycles. The molecule has 0 bridgehead atoms. The fourth-order valence-electron chi connectivity index (χ4n) is 1.80. The van der Waals surface area contributed by atoms with Crippen LogP contribution in [0.1, 0.15) is 33.6 Å². The average molecular weight is 252 g/mol. The molecule has 1 aliphatic rings. The highest BCUT2D eigenvalue weighted by Gasteiger charge is 2.25. The van der Waals surface area contributed by atoms with Crippen molar-refractivity contribution in [3.8, 4) is 0 Å². The van der Waals surface area contributed by atoms with E-state index in [1.54, 1.807) is 4.90 Å². The second-order valence-electron chi connectivity index (χ2n) is 5.29. The third-order valence-corrected chi connectivity index (χ3v) is 2.71. The summed E-state index contributed by atoms with van der Waals surface area (Å²) < 4.78 is 5.29. The molecular weight excluding hydrogens is 232 g/mol. The summed E-state index contributed by atoms with van der Waals surface area (Å²) >= 11 is 0. The monoisotopic (exact) mass is 252 g/mol. The van der Waals surface area contributed by atoms with Crippen molar-refractivity contribution in [3.63, 3.8) is 0 Å². The van der Waals surface area contributed by atoms with Crippen molar-refractivity contribution in [2.24, 2.45) is 0 Å². The van der Waals surface area contributed by atoms with Gasteiger partial charge in [0.25, 0.3) is 0 Å². The molecule has 0 radical (unpaired) electrons. The summed E-state index contributed by atoms with van der Waals surface area (Å²) in [6.07, 6.45) is 0.963. The van der Waals surface area contributed by atoms with Crippen LogP contribution in [-0.4, -0.2) is 41.4 Å². The zero-order chi connectivity index (χ0) is 13.8. The number of ether oxygens (including phenoxy) is 1. The van der Waals surface area contributed by atoms with Crippen molar-refractivity contribution < 1.29 is 14.6 Å². The quantitative estimate of drug-likeness (QED) is 0.728. The van der Waals surface area contributed by atoms with Gasteiger partial charge in [-0.05, 0) is 33.6 Å². The van der Waals surface area contributed by atoms with E-state index in [9.17, 15) is 4.79 Å². The van der Waals surface area contributed by atoms with Gasteiger partial charge in [0.05, 0.1) is 13.2 Å². The molecule has 1 heterocycles. The Morgan fingerprint density at radius 2 is 2.00 bits per heavy atom. The number of aliphatic hydroxyl groups excluding tert-OH is 1. The summed E-state index contributed by atoms with van der Waals surface area (Å²) in [5, 5.41) is 9.03. The number of hydrogen-bond donors (Lipinski definition) is 1. The fraction of sp³-hybridized carbons (Fsp3) is 0.692. The van der Waals surface area contributed by atoms with Gasteiger partial charge in [-0.25, -0.2) is 9.64 Å². The van der Waals surface area contributed by atoms with Crippen LogP contribution >= 0.6 is 0 Å². The Morgan fingerprint density at radius 1 is 1.44 bits per heavy atom. The van der Waals surface area contributed by atoms with Gasteiger partial charge in [-0.1, -0.05) is 5.57 Å². The lowest BCUT2D eigenvalue weighted by molar-refractivity contribution is 0.0236. The molecule has 100 valence electrons. The minimum atomic E-state index is -0.486. The van der Waals surface area contributed by atoms with Crippen LogP contribution in [0, 0.1) is 6.57 Å². The summed E-state index contributed by atoms with van der Waals surface area (Å²) in [5.41, 5.74) is 0.881. The highest BCUT2D eigenvalue weighted by molar-refractivity contribution is 5.68. The molecule has 0 unspecified atom stereocenters. The van der Waals surface area contributed by atoms with Crippen molar-refractivity contribution >= 4 is 6.09 Å². The molecule has 1 saturated heterocycles. The highest BCUT2D eigenvalue weighted by atomic mass is 16.6. The van der Waals surface area contributed by atoms with E-state index in [1.807, 2.05) is 20.8 Å². The maximum Gasteiger partial charge on any atom is 0.410 e. The van der Waals surface area contributed by atoms with Gasteiger partial charge in [0.2, 0.25) is 0 Å². The van der Waals surface area contributed by atoms with Gasteiger partial charge in [-0.15, -0.1) is 0 Å². The molecule has 0 aromatic rings. The average Bonchev–Trinajstić information content (AvgIpc) is 2.29. The second kappa shape index (κ2) is 5.87. The van der Waals surface area contributed by atoms with E-state index in [0.29, 0.717) is 31.6 Å². The summed E-state index contributed by atoms with van der Waals surface area (Å²) in [6.45, 7) is 13.3. The van der Waals surface area contributed by atoms with Gasteiger partial charge in [0.15, 0.2) is 5.70 Å². The number of carbonyl (C=O) groups excluding carboxylic acids is 1. The van der Waals surface area contributed by atoms with E-state index in [1.165, 1.54) is 0 Å². The van der Waals surface area contributed by atoms with Crippen molar-refractivity contribution in [1.29, 1.82) is 0 Å². The number of likely N-dealkylation sites (tertiary alicyclic amines) is 1. The normalized spacial score (nSPS) is 16.2. The van der Waals surface area contributed by atoms with Gasteiger partial charge in [-0.2, -0.15) is 0 Å². The fourth-order valence-corrected chi connectivity index (χ4v) is 1.80. The Morgan fingerprint density at radius 3 is 2.39 bits per heavy atom. The molecule has 1 rings (SSSR count). The van der Waals surface area contributed by atoms with Crippen LogP contribution in [0.25, 0.3) is 4.85 Å². The molecule has 0 aromatic heterocycles. The molecule has 5 heteroatoms. The molecular formula is C13H20N2O3. The predicted molar refractivity (Wildman–Crippen MR) is 67.8 cm³/mol. The highest BCUT2D eigenvalue weighted by Crippen LogP contribution is 2.22. The maximum absolute atomic E-state index is 11.8. The van der Waals surface area contributed by atoms with E-state index in [0.717, 1.165) is 5.57 Å². The van der Waals surface area contributed by atoms with Gasteiger partial charge >= 0.3 is 6.09 Å². The van der Waals surface area contributed by atoms with E-state index in [2.05, 4.69) is 4.85 Å². The smallest absolute Gasteiger partial charge is 0.410 e. The van der Waals surface area contributed by atoms with Crippen LogP contribution in [0.15, 0.2) is 11.3 Å². The molecule has 18 heavy (non-hydrogen) atoms. The standard InChI is InChI=1S/C13H20N2O3/c1-13(2,3)18-12(17)15-7-5-10(6-8-15)11(9-16)14-4/h16H,5-9H2,1-3H3. The largest absolute Gasteiger partial charge is 0.444 e. The number of aliphatic hydroxyl groups is 1. The van der Waals surface area contributed by atoms with Crippen molar-refractivity contribution in [2.75, 3.05) is 19.7 Å². The molecule has 1 N–H and O–H groups in total. The first-order valence-corrected chi connectivity index (χ1v) is 6.04. The summed E-state index contributed by atoms with van der Waals surface area (Å²) in [6, 6.07) is 0. The van der Waals surface area contributed by atoms with Crippen LogP contribution in [0.3, 0.4) is 0 Å². The van der Waals surface area contributed by atoms with Crippen molar-refractivity contribution in [3.05, 3.63) is 22.7 Å². The number of hydrogen-bond acceptors (Lipinski definition) is 3. The van der Waals surface area contributed by atoms with Crippen LogP contribution in [0.2, 0.25) is 0 Å². The lowest BCUT2D eigenvalue weighted by Crippen LogP contribution is -2.40. The van der Waals surface area contributed by atoms with Crippen LogP contribution in [-0.2, 0) is 4.74 Å². The minimum Gasteiger partial charge on any atom is -0.444 e. The SMILES string of the molecule is [C-]#[N+]C(CO)=C1CCN(C(=O)OC(C)(C)C)CC1. The van der Waals surface area contributed by atoms with Crippen molar-refractivity contribution in [2.45, 2.75) is 39.2 Å². The van der Waals surface area contributed by atoms with E-state index in [-0.39, 0.29) is 12.7 Å². The number of nitrogens with zero attached hydrogens (tertiary/aromatic N) is 2. The predicted octanol–water partition coefficient (Wildman–Crippen LogP) is 2.18. The lowest BCUT2D eigenvalue weighted by atomic mass is 10.0. The van der Waals surface area contributed by atoms with Gasteiger partial charge < -0.3 is 14.7 Å². The summed E-state index contributed by atoms with van der Waals surface area (Å²) in [5.74, 6) is 0. The molecule has 5 nitrogen and oxygen atoms in total. The molecule has 1 aliphatic heterocycles. The first-order chi connectivity index (χ1) is 8.37. The molecule has 1 amide bonds. The topological polar surface area (TPSA) is 54.1 Å². The number of piperidine rings is 1. The Balaban J connectivity index is 2.57. The third-order valence-electron chi connectivity index (χ3n) is 2.71. The number of amides is 1. The van der Waals surface area contributed by atoms with Gasteiger partial charge in [0.1, 0.15) is 5.60 Å². The number of carbonyl (C=O) groups is 1. The second-order valence-corrected chi connectivity index (χ2v) is 5.29. The van der Waals surface area contributed by atoms with Crippen LogP contribution < -0.4 is 0 Å². The Kier molecular flexibility index (Phi) is 4.74. The molecule has 0 spiro atoms. The van der Waals surface area contributed by atoms with E-state index in [4.69, 9.17) is 16.4 Å².